The van der Waals surface area contributed by atoms with E-state index in [1.165, 1.54) is 38.5 Å². The molecule has 5 heteroatoms. The summed E-state index contributed by atoms with van der Waals surface area (Å²) in [7, 11) is 15.3. The zero-order valence-corrected chi connectivity index (χ0v) is 16.6. The van der Waals surface area contributed by atoms with Gasteiger partial charge in [-0.25, -0.2) is 0 Å². The molecule has 0 rings (SSSR count). The van der Waals surface area contributed by atoms with Gasteiger partial charge in [0, 0.05) is 0 Å². The van der Waals surface area contributed by atoms with Crippen LogP contribution < -0.4 is 0 Å². The zero-order chi connectivity index (χ0) is 13.5. The first-order chi connectivity index (χ1) is 8.08. The van der Waals surface area contributed by atoms with Gasteiger partial charge in [-0.1, -0.05) is 40.0 Å². The van der Waals surface area contributed by atoms with Gasteiger partial charge in [0.1, 0.15) is 0 Å². The van der Waals surface area contributed by atoms with Crippen molar-refractivity contribution in [3.63, 3.8) is 0 Å². The van der Waals surface area contributed by atoms with Crippen molar-refractivity contribution in [2.75, 3.05) is 18.5 Å². The normalized spacial score (nSPS) is 11.1. The molecular weight excluding hydrogens is 478 g/mol. The molecule has 0 radical (unpaired) electrons. The molecule has 0 aromatic rings. The Morgan fingerprint density at radius 2 is 0.941 bits per heavy atom. The van der Waals surface area contributed by atoms with E-state index < -0.39 is 15.2 Å². The molecule has 0 aromatic heterocycles. The Kier molecular flexibility index (Phi) is 22.6. The Bertz CT molecular complexity index is 115. The van der Waals surface area contributed by atoms with Crippen molar-refractivity contribution in [1.29, 1.82) is 0 Å². The molecule has 0 unspecified atom stereocenters. The maximum absolute atomic E-state index is 4.95. The number of hydrogen-bond donors (Lipinski definition) is 0. The first-order valence-corrected chi connectivity index (χ1v) is 16.4. The van der Waals surface area contributed by atoms with E-state index in [1.807, 2.05) is 0 Å². The third-order valence-corrected chi connectivity index (χ3v) is 5.33. The quantitative estimate of drug-likeness (QED) is 0.235. The molecule has 0 saturated heterocycles. The van der Waals surface area contributed by atoms with Crippen molar-refractivity contribution in [2.45, 2.75) is 59.3 Å². The van der Waals surface area contributed by atoms with Crippen LogP contribution in [-0.4, -0.2) is 18.5 Å². The number of unbranched alkanes of at least 4 members (excludes halogenated alkanes) is 3. The third kappa shape index (κ3) is 23.5. The second kappa shape index (κ2) is 18.0. The zero-order valence-electron chi connectivity index (χ0n) is 11.2. The van der Waals surface area contributed by atoms with E-state index in [0.717, 1.165) is 0 Å². The predicted octanol–water partition coefficient (Wildman–Crippen LogP) is 6.93. The molecule has 0 heterocycles. The Morgan fingerprint density at radius 1 is 0.706 bits per heavy atom. The van der Waals surface area contributed by atoms with Crippen LogP contribution in [0, 0.1) is 0 Å². The molecule has 0 aromatic carbocycles. The van der Waals surface area contributed by atoms with Crippen LogP contribution in [0.25, 0.3) is 0 Å². The van der Waals surface area contributed by atoms with E-state index in [1.54, 1.807) is 18.5 Å². The van der Waals surface area contributed by atoms with Crippen molar-refractivity contribution in [3.05, 3.63) is 0 Å². The first-order valence-electron chi connectivity index (χ1n) is 6.41. The molecule has 0 fully saturated rings. The minimum atomic E-state index is -1.79. The summed E-state index contributed by atoms with van der Waals surface area (Å²) in [5.41, 5.74) is 0. The van der Waals surface area contributed by atoms with Crippen LogP contribution in [0.5, 0.6) is 0 Å². The topological polar surface area (TPSA) is 0 Å². The predicted molar refractivity (Wildman–Crippen MR) is 83.8 cm³/mol. The van der Waals surface area contributed by atoms with Crippen molar-refractivity contribution in [3.8, 4) is 0 Å². The van der Waals surface area contributed by atoms with Gasteiger partial charge in [0.15, 0.2) is 0 Å². The van der Waals surface area contributed by atoms with Crippen LogP contribution in [0.1, 0.15) is 59.3 Å². The summed E-state index contributed by atoms with van der Waals surface area (Å²) >= 11 is -1.79. The first kappa shape index (κ1) is 21.3. The van der Waals surface area contributed by atoms with E-state index in [9.17, 15) is 0 Å². The molecular formula is C12H27AuCl3P. The fourth-order valence-corrected chi connectivity index (χ4v) is 4.44. The molecule has 0 amide bonds. The van der Waals surface area contributed by atoms with E-state index in [-0.39, 0.29) is 0 Å². The molecule has 17 heavy (non-hydrogen) atoms. The van der Waals surface area contributed by atoms with Crippen molar-refractivity contribution < 1.29 is 15.2 Å². The summed E-state index contributed by atoms with van der Waals surface area (Å²) in [6.45, 7) is 6.94. The number of rotatable bonds is 9. The molecule has 0 atom stereocenters. The molecule has 112 valence electrons. The van der Waals surface area contributed by atoms with E-state index in [0.29, 0.717) is 7.92 Å². The minimum absolute atomic E-state index is 0.422. The standard InChI is InChI=1S/C12H27P.Au.3ClH/c1-4-7-10-13(11-8-5-2)12-9-6-3;;;;/h4-12H2,1-3H3;;3*1H/q;+3;;;/p-3. The summed E-state index contributed by atoms with van der Waals surface area (Å²) in [5, 5.41) is 0. The molecule has 0 spiro atoms. The van der Waals surface area contributed by atoms with Crippen LogP contribution >= 0.6 is 35.5 Å². The van der Waals surface area contributed by atoms with Crippen molar-refractivity contribution >= 4 is 35.5 Å². The summed E-state index contributed by atoms with van der Waals surface area (Å²) in [6, 6.07) is 0. The van der Waals surface area contributed by atoms with Crippen LogP contribution in [0.3, 0.4) is 0 Å². The van der Waals surface area contributed by atoms with Gasteiger partial charge < -0.3 is 0 Å². The molecule has 0 saturated carbocycles. The van der Waals surface area contributed by atoms with Crippen molar-refractivity contribution in [2.24, 2.45) is 0 Å². The van der Waals surface area contributed by atoms with E-state index >= 15 is 0 Å². The fourth-order valence-electron chi connectivity index (χ4n) is 1.48. The van der Waals surface area contributed by atoms with Crippen molar-refractivity contribution in [1.82, 2.24) is 0 Å². The molecule has 0 nitrogen and oxygen atoms in total. The van der Waals surface area contributed by atoms with Crippen LogP contribution in [0.15, 0.2) is 0 Å². The van der Waals surface area contributed by atoms with Gasteiger partial charge in [-0.15, -0.1) is 7.92 Å². The van der Waals surface area contributed by atoms with Gasteiger partial charge in [-0.3, -0.25) is 0 Å². The molecule has 0 bridgehead atoms. The molecule has 0 aliphatic heterocycles. The summed E-state index contributed by atoms with van der Waals surface area (Å²) in [6.07, 6.45) is 13.2. The Hall–Kier alpha value is 2.04. The molecule has 0 aliphatic rings. The Labute approximate surface area is 128 Å². The van der Waals surface area contributed by atoms with Gasteiger partial charge in [0.05, 0.1) is 0 Å². The maximum atomic E-state index is 4.95. The van der Waals surface area contributed by atoms with E-state index in [2.05, 4.69) is 20.8 Å². The molecule has 0 aliphatic carbocycles. The summed E-state index contributed by atoms with van der Waals surface area (Å²) in [4.78, 5) is 0. The van der Waals surface area contributed by atoms with Crippen LogP contribution in [0.2, 0.25) is 0 Å². The number of halogens is 3. The Morgan fingerprint density at radius 3 is 1.12 bits per heavy atom. The second-order valence-electron chi connectivity index (χ2n) is 4.03. The van der Waals surface area contributed by atoms with E-state index in [4.69, 9.17) is 27.6 Å². The summed E-state index contributed by atoms with van der Waals surface area (Å²) < 4.78 is 0. The van der Waals surface area contributed by atoms with Crippen LogP contribution in [0.4, 0.5) is 0 Å². The van der Waals surface area contributed by atoms with Gasteiger partial charge in [-0.2, -0.15) is 0 Å². The van der Waals surface area contributed by atoms with Gasteiger partial charge >= 0.3 is 42.8 Å². The number of hydrogen-bond acceptors (Lipinski definition) is 0. The average molecular weight is 506 g/mol. The van der Waals surface area contributed by atoms with Gasteiger partial charge in [0.2, 0.25) is 0 Å². The SMILES string of the molecule is CCCCP(CCCC)CCCC.[Cl][Au]([Cl])[Cl]. The third-order valence-electron chi connectivity index (χ3n) is 2.48. The van der Waals surface area contributed by atoms with Crippen LogP contribution in [-0.2, 0) is 15.2 Å². The summed E-state index contributed by atoms with van der Waals surface area (Å²) in [5.74, 6) is 0. The molecule has 0 N–H and O–H groups in total. The monoisotopic (exact) mass is 504 g/mol. The Balaban J connectivity index is 0. The fraction of sp³-hybridized carbons (Fsp3) is 1.00. The second-order valence-corrected chi connectivity index (χ2v) is 16.1. The van der Waals surface area contributed by atoms with Gasteiger partial charge in [0.25, 0.3) is 0 Å². The average Bonchev–Trinajstić information content (AvgIpc) is 2.27. The van der Waals surface area contributed by atoms with Gasteiger partial charge in [-0.05, 0) is 37.7 Å².